The topological polar surface area (TPSA) is 29.5 Å². The van der Waals surface area contributed by atoms with Gasteiger partial charge in [-0.25, -0.2) is 4.39 Å². The van der Waals surface area contributed by atoms with Gasteiger partial charge in [0.05, 0.1) is 13.7 Å². The Morgan fingerprint density at radius 1 is 1.48 bits per heavy atom. The zero-order valence-electron chi connectivity index (χ0n) is 11.7. The van der Waals surface area contributed by atoms with Gasteiger partial charge in [0.1, 0.15) is 0 Å². The van der Waals surface area contributed by atoms with Crippen LogP contribution in [0.15, 0.2) is 48.4 Å². The molecule has 0 aliphatic carbocycles. The monoisotopic (exact) mass is 305 g/mol. The smallest absolute Gasteiger partial charge is 0.254 e. The second-order valence-corrected chi connectivity index (χ2v) is 5.44. The lowest BCUT2D eigenvalue weighted by molar-refractivity contribution is 0.0763. The molecule has 110 valence electrons. The fourth-order valence-corrected chi connectivity index (χ4v) is 2.67. The van der Waals surface area contributed by atoms with E-state index in [1.807, 2.05) is 17.5 Å². The number of ether oxygens (including phenoxy) is 1. The highest BCUT2D eigenvalue weighted by Crippen LogP contribution is 2.20. The van der Waals surface area contributed by atoms with Crippen molar-refractivity contribution in [3.63, 3.8) is 0 Å². The zero-order valence-corrected chi connectivity index (χ0v) is 12.5. The van der Waals surface area contributed by atoms with Crippen LogP contribution < -0.4 is 4.74 Å². The van der Waals surface area contributed by atoms with E-state index >= 15 is 0 Å². The van der Waals surface area contributed by atoms with Crippen molar-refractivity contribution in [1.82, 2.24) is 4.90 Å². The first-order chi connectivity index (χ1) is 10.2. The van der Waals surface area contributed by atoms with Crippen LogP contribution in [0.3, 0.4) is 0 Å². The molecule has 0 aliphatic rings. The van der Waals surface area contributed by atoms with Crippen LogP contribution >= 0.6 is 11.3 Å². The summed E-state index contributed by atoms with van der Waals surface area (Å²) >= 11 is 1.58. The van der Waals surface area contributed by atoms with Crippen LogP contribution in [0.2, 0.25) is 0 Å². The normalized spacial score (nSPS) is 10.2. The number of halogens is 1. The van der Waals surface area contributed by atoms with E-state index in [-0.39, 0.29) is 11.7 Å². The van der Waals surface area contributed by atoms with E-state index in [9.17, 15) is 9.18 Å². The SMILES string of the molecule is C=CCN(Cc1cccs1)C(=O)c1ccc(OC)c(F)c1. The molecular formula is C16H16FNO2S. The van der Waals surface area contributed by atoms with E-state index < -0.39 is 5.82 Å². The van der Waals surface area contributed by atoms with Gasteiger partial charge in [0.2, 0.25) is 0 Å². The van der Waals surface area contributed by atoms with Crippen LogP contribution in [0.25, 0.3) is 0 Å². The molecule has 21 heavy (non-hydrogen) atoms. The first-order valence-corrected chi connectivity index (χ1v) is 7.29. The first-order valence-electron chi connectivity index (χ1n) is 6.41. The van der Waals surface area contributed by atoms with Gasteiger partial charge in [0.15, 0.2) is 11.6 Å². The van der Waals surface area contributed by atoms with Crippen molar-refractivity contribution in [1.29, 1.82) is 0 Å². The van der Waals surface area contributed by atoms with E-state index in [1.165, 1.54) is 19.2 Å². The Hall–Kier alpha value is -2.14. The Bertz CT molecular complexity index is 625. The number of carbonyl (C=O) groups is 1. The van der Waals surface area contributed by atoms with Crippen molar-refractivity contribution >= 4 is 17.2 Å². The number of amides is 1. The van der Waals surface area contributed by atoms with Crippen LogP contribution in [0.4, 0.5) is 4.39 Å². The molecule has 0 spiro atoms. The van der Waals surface area contributed by atoms with Crippen molar-refractivity contribution in [2.45, 2.75) is 6.54 Å². The summed E-state index contributed by atoms with van der Waals surface area (Å²) in [7, 11) is 1.39. The molecule has 0 aliphatic heterocycles. The molecule has 0 saturated carbocycles. The average molecular weight is 305 g/mol. The van der Waals surface area contributed by atoms with Gasteiger partial charge in [-0.1, -0.05) is 12.1 Å². The molecule has 0 radical (unpaired) electrons. The van der Waals surface area contributed by atoms with Gasteiger partial charge in [-0.05, 0) is 29.6 Å². The average Bonchev–Trinajstić information content (AvgIpc) is 2.99. The third-order valence-corrected chi connectivity index (χ3v) is 3.82. The molecule has 1 heterocycles. The van der Waals surface area contributed by atoms with Crippen LogP contribution in [-0.4, -0.2) is 24.5 Å². The van der Waals surface area contributed by atoms with Gasteiger partial charge in [-0.15, -0.1) is 17.9 Å². The van der Waals surface area contributed by atoms with E-state index in [0.717, 1.165) is 4.88 Å². The van der Waals surface area contributed by atoms with Crippen LogP contribution in [0, 0.1) is 5.82 Å². The van der Waals surface area contributed by atoms with Crippen molar-refractivity contribution in [2.24, 2.45) is 0 Å². The molecule has 0 fully saturated rings. The Kier molecular flexibility index (Phi) is 5.11. The molecule has 1 aromatic carbocycles. The Labute approximate surface area is 127 Å². The summed E-state index contributed by atoms with van der Waals surface area (Å²) in [6.07, 6.45) is 1.66. The standard InChI is InChI=1S/C16H16FNO2S/c1-3-8-18(11-13-5-4-9-21-13)16(19)12-6-7-15(20-2)14(17)10-12/h3-7,9-10H,1,8,11H2,2H3. The van der Waals surface area contributed by atoms with Crippen LogP contribution in [-0.2, 0) is 6.54 Å². The molecule has 5 heteroatoms. The molecule has 2 rings (SSSR count). The Morgan fingerprint density at radius 3 is 2.86 bits per heavy atom. The summed E-state index contributed by atoms with van der Waals surface area (Å²) in [6.45, 7) is 4.56. The maximum absolute atomic E-state index is 13.7. The minimum Gasteiger partial charge on any atom is -0.494 e. The minimum atomic E-state index is -0.543. The Morgan fingerprint density at radius 2 is 2.29 bits per heavy atom. The van der Waals surface area contributed by atoms with Crippen LogP contribution in [0.5, 0.6) is 5.75 Å². The lowest BCUT2D eigenvalue weighted by Crippen LogP contribution is -2.30. The molecule has 2 aromatic rings. The highest BCUT2D eigenvalue weighted by molar-refractivity contribution is 7.09. The number of nitrogens with zero attached hydrogens (tertiary/aromatic N) is 1. The molecular weight excluding hydrogens is 289 g/mol. The molecule has 0 atom stereocenters. The largest absolute Gasteiger partial charge is 0.494 e. The van der Waals surface area contributed by atoms with E-state index in [1.54, 1.807) is 28.4 Å². The molecule has 3 nitrogen and oxygen atoms in total. The maximum atomic E-state index is 13.7. The first kappa shape index (κ1) is 15.3. The number of benzene rings is 1. The summed E-state index contributed by atoms with van der Waals surface area (Å²) in [4.78, 5) is 15.2. The fraction of sp³-hybridized carbons (Fsp3) is 0.188. The van der Waals surface area contributed by atoms with Crippen molar-refractivity contribution in [3.8, 4) is 5.75 Å². The van der Waals surface area contributed by atoms with Gasteiger partial charge < -0.3 is 9.64 Å². The minimum absolute atomic E-state index is 0.125. The summed E-state index contributed by atoms with van der Waals surface area (Å²) in [5, 5.41) is 1.96. The Balaban J connectivity index is 2.21. The second kappa shape index (κ2) is 7.04. The number of hydrogen-bond donors (Lipinski definition) is 0. The highest BCUT2D eigenvalue weighted by Gasteiger charge is 2.17. The highest BCUT2D eigenvalue weighted by atomic mass is 32.1. The number of thiophene rings is 1. The van der Waals surface area contributed by atoms with Gasteiger partial charge >= 0.3 is 0 Å². The molecule has 0 bridgehead atoms. The quantitative estimate of drug-likeness (QED) is 0.761. The van der Waals surface area contributed by atoms with Gasteiger partial charge in [-0.3, -0.25) is 4.79 Å². The van der Waals surface area contributed by atoms with Crippen molar-refractivity contribution in [2.75, 3.05) is 13.7 Å². The van der Waals surface area contributed by atoms with Gasteiger partial charge in [0, 0.05) is 17.0 Å². The molecule has 0 unspecified atom stereocenters. The lowest BCUT2D eigenvalue weighted by Gasteiger charge is -2.20. The van der Waals surface area contributed by atoms with E-state index in [0.29, 0.717) is 18.7 Å². The number of methoxy groups -OCH3 is 1. The number of carbonyl (C=O) groups excluding carboxylic acids is 1. The summed E-state index contributed by atoms with van der Waals surface area (Å²) in [5.74, 6) is -0.650. The molecule has 1 amide bonds. The summed E-state index contributed by atoms with van der Waals surface area (Å²) < 4.78 is 18.6. The third kappa shape index (κ3) is 3.70. The van der Waals surface area contributed by atoms with Crippen molar-refractivity contribution in [3.05, 3.63) is 64.6 Å². The van der Waals surface area contributed by atoms with E-state index in [4.69, 9.17) is 4.74 Å². The summed E-state index contributed by atoms with van der Waals surface area (Å²) in [5.41, 5.74) is 0.298. The zero-order chi connectivity index (χ0) is 15.2. The van der Waals surface area contributed by atoms with Crippen molar-refractivity contribution < 1.29 is 13.9 Å². The maximum Gasteiger partial charge on any atom is 0.254 e. The molecule has 0 N–H and O–H groups in total. The fourth-order valence-electron chi connectivity index (χ4n) is 1.95. The van der Waals surface area contributed by atoms with Gasteiger partial charge in [-0.2, -0.15) is 0 Å². The van der Waals surface area contributed by atoms with Gasteiger partial charge in [0.25, 0.3) is 5.91 Å². The second-order valence-electron chi connectivity index (χ2n) is 4.40. The predicted molar refractivity (Wildman–Crippen MR) is 82.2 cm³/mol. The third-order valence-electron chi connectivity index (χ3n) is 2.96. The lowest BCUT2D eigenvalue weighted by atomic mass is 10.1. The molecule has 1 aromatic heterocycles. The predicted octanol–water partition coefficient (Wildman–Crippen LogP) is 3.72. The number of rotatable bonds is 6. The van der Waals surface area contributed by atoms with E-state index in [2.05, 4.69) is 6.58 Å². The van der Waals surface area contributed by atoms with Crippen LogP contribution in [0.1, 0.15) is 15.2 Å². The number of hydrogen-bond acceptors (Lipinski definition) is 3. The summed E-state index contributed by atoms with van der Waals surface area (Å²) in [6, 6.07) is 8.12. The molecule has 0 saturated heterocycles.